The van der Waals surface area contributed by atoms with Gasteiger partial charge in [-0.25, -0.2) is 0 Å². The van der Waals surface area contributed by atoms with Crippen molar-refractivity contribution in [3.63, 3.8) is 0 Å². The van der Waals surface area contributed by atoms with Crippen LogP contribution in [-0.2, 0) is 6.54 Å². The van der Waals surface area contributed by atoms with E-state index >= 15 is 0 Å². The molecule has 1 atom stereocenters. The molecule has 0 saturated carbocycles. The van der Waals surface area contributed by atoms with Gasteiger partial charge >= 0.3 is 6.18 Å². The van der Waals surface area contributed by atoms with Gasteiger partial charge in [-0.15, -0.1) is 0 Å². The number of nitro benzene ring substituents is 2. The summed E-state index contributed by atoms with van der Waals surface area (Å²) in [4.78, 5) is 19.6. The summed E-state index contributed by atoms with van der Waals surface area (Å²) >= 11 is 0. The number of non-ortho nitro benzene ring substituents is 1. The monoisotopic (exact) mass is 309 g/mol. The van der Waals surface area contributed by atoms with Crippen LogP contribution in [0.15, 0.2) is 18.2 Å². The summed E-state index contributed by atoms with van der Waals surface area (Å²) in [5.74, 6) is 0. The van der Waals surface area contributed by atoms with E-state index in [1.54, 1.807) is 0 Å². The number of nitrogens with one attached hydrogen (secondary N) is 1. The van der Waals surface area contributed by atoms with Crippen molar-refractivity contribution in [1.82, 2.24) is 5.32 Å². The molecule has 0 bridgehead atoms. The molecule has 0 aliphatic carbocycles. The highest BCUT2D eigenvalue weighted by molar-refractivity contribution is 5.49. The fourth-order valence-corrected chi connectivity index (χ4v) is 1.44. The third kappa shape index (κ3) is 4.65. The maximum absolute atomic E-state index is 12.1. The molecule has 1 aromatic rings. The van der Waals surface area contributed by atoms with Gasteiger partial charge in [0.15, 0.2) is 6.10 Å². The van der Waals surface area contributed by atoms with E-state index in [2.05, 4.69) is 5.32 Å². The summed E-state index contributed by atoms with van der Waals surface area (Å²) in [6, 6.07) is 2.80. The molecule has 0 aliphatic heterocycles. The van der Waals surface area contributed by atoms with Crippen LogP contribution in [0, 0.1) is 20.2 Å². The van der Waals surface area contributed by atoms with Gasteiger partial charge in [0.2, 0.25) is 0 Å². The van der Waals surface area contributed by atoms with Gasteiger partial charge < -0.3 is 10.4 Å². The first kappa shape index (κ1) is 16.8. The van der Waals surface area contributed by atoms with E-state index in [1.165, 1.54) is 0 Å². The van der Waals surface area contributed by atoms with Crippen LogP contribution in [-0.4, -0.2) is 33.8 Å². The SMILES string of the molecule is O=[N+]([O-])c1ccc(CNCC(O)C(F)(F)F)c([N+](=O)[O-])c1. The van der Waals surface area contributed by atoms with E-state index in [0.29, 0.717) is 0 Å². The Balaban J connectivity index is 2.80. The number of halogens is 3. The lowest BCUT2D eigenvalue weighted by atomic mass is 10.1. The van der Waals surface area contributed by atoms with Gasteiger partial charge in [-0.1, -0.05) is 0 Å². The molecule has 1 aromatic carbocycles. The fourth-order valence-electron chi connectivity index (χ4n) is 1.44. The molecule has 2 N–H and O–H groups in total. The average molecular weight is 309 g/mol. The largest absolute Gasteiger partial charge is 0.415 e. The van der Waals surface area contributed by atoms with Crippen molar-refractivity contribution in [2.75, 3.05) is 6.54 Å². The Labute approximate surface area is 115 Å². The van der Waals surface area contributed by atoms with Gasteiger partial charge in [-0.05, 0) is 6.07 Å². The summed E-state index contributed by atoms with van der Waals surface area (Å²) in [5.41, 5.74) is -1.11. The molecule has 1 rings (SSSR count). The summed E-state index contributed by atoms with van der Waals surface area (Å²) in [6.07, 6.45) is -7.40. The standard InChI is InChI=1S/C10H10F3N3O5/c11-10(12,13)9(17)5-14-4-6-1-2-7(15(18)19)3-8(6)16(20)21/h1-3,9,14,17H,4-5H2. The molecule has 8 nitrogen and oxygen atoms in total. The maximum Gasteiger partial charge on any atom is 0.415 e. The summed E-state index contributed by atoms with van der Waals surface area (Å²) in [5, 5.41) is 32.2. The van der Waals surface area contributed by atoms with E-state index in [0.717, 1.165) is 18.2 Å². The number of rotatable bonds is 6. The lowest BCUT2D eigenvalue weighted by Crippen LogP contribution is -2.38. The van der Waals surface area contributed by atoms with Crippen molar-refractivity contribution in [1.29, 1.82) is 0 Å². The zero-order valence-corrected chi connectivity index (χ0v) is 10.3. The van der Waals surface area contributed by atoms with Gasteiger partial charge in [0, 0.05) is 24.7 Å². The average Bonchev–Trinajstić information content (AvgIpc) is 2.37. The summed E-state index contributed by atoms with van der Waals surface area (Å²) in [7, 11) is 0. The molecule has 0 heterocycles. The van der Waals surface area contributed by atoms with Crippen LogP contribution in [0.2, 0.25) is 0 Å². The van der Waals surface area contributed by atoms with Crippen molar-refractivity contribution in [3.05, 3.63) is 44.0 Å². The molecule has 0 amide bonds. The molecular formula is C10H10F3N3O5. The first-order chi connectivity index (χ1) is 9.62. The molecule has 116 valence electrons. The van der Waals surface area contributed by atoms with E-state index in [4.69, 9.17) is 5.11 Å². The van der Waals surface area contributed by atoms with Crippen LogP contribution < -0.4 is 5.32 Å². The molecule has 21 heavy (non-hydrogen) atoms. The number of nitro groups is 2. The summed E-state index contributed by atoms with van der Waals surface area (Å²) in [6.45, 7) is -1.20. The van der Waals surface area contributed by atoms with Crippen LogP contribution in [0.3, 0.4) is 0 Å². The smallest absolute Gasteiger partial charge is 0.382 e. The number of nitrogens with zero attached hydrogens (tertiary/aromatic N) is 2. The Morgan fingerprint density at radius 1 is 1.24 bits per heavy atom. The molecule has 0 fully saturated rings. The Bertz CT molecular complexity index is 549. The van der Waals surface area contributed by atoms with Crippen LogP contribution in [0.4, 0.5) is 24.5 Å². The van der Waals surface area contributed by atoms with Crippen molar-refractivity contribution < 1.29 is 28.1 Å². The Morgan fingerprint density at radius 3 is 2.33 bits per heavy atom. The quantitative estimate of drug-likeness (QED) is 0.607. The highest BCUT2D eigenvalue weighted by atomic mass is 19.4. The second-order valence-corrected chi connectivity index (χ2v) is 4.02. The molecular weight excluding hydrogens is 299 g/mol. The lowest BCUT2D eigenvalue weighted by Gasteiger charge is -2.14. The molecule has 0 spiro atoms. The van der Waals surface area contributed by atoms with E-state index < -0.39 is 40.0 Å². The van der Waals surface area contributed by atoms with Crippen molar-refractivity contribution in [3.8, 4) is 0 Å². The Kier molecular flexibility index (Phi) is 5.16. The molecule has 1 unspecified atom stereocenters. The predicted octanol–water partition coefficient (Wildman–Crippen LogP) is 1.52. The highest BCUT2D eigenvalue weighted by Gasteiger charge is 2.37. The Hall–Kier alpha value is -2.27. The second kappa shape index (κ2) is 6.45. The minimum atomic E-state index is -4.80. The van der Waals surface area contributed by atoms with Crippen LogP contribution in [0.5, 0.6) is 0 Å². The number of aliphatic hydroxyl groups is 1. The molecule has 0 saturated heterocycles. The van der Waals surface area contributed by atoms with Gasteiger partial charge in [-0.3, -0.25) is 20.2 Å². The minimum absolute atomic E-state index is 0.0278. The zero-order chi connectivity index (χ0) is 16.2. The molecule has 0 radical (unpaired) electrons. The zero-order valence-electron chi connectivity index (χ0n) is 10.3. The van der Waals surface area contributed by atoms with E-state index in [-0.39, 0.29) is 12.1 Å². The van der Waals surface area contributed by atoms with E-state index in [9.17, 15) is 33.4 Å². The predicted molar refractivity (Wildman–Crippen MR) is 63.5 cm³/mol. The molecule has 11 heteroatoms. The van der Waals surface area contributed by atoms with Crippen molar-refractivity contribution in [2.45, 2.75) is 18.8 Å². The van der Waals surface area contributed by atoms with Gasteiger partial charge in [-0.2, -0.15) is 13.2 Å². The van der Waals surface area contributed by atoms with Gasteiger partial charge in [0.05, 0.1) is 15.9 Å². The second-order valence-electron chi connectivity index (χ2n) is 4.02. The van der Waals surface area contributed by atoms with Crippen molar-refractivity contribution in [2.24, 2.45) is 0 Å². The molecule has 0 aromatic heterocycles. The number of benzene rings is 1. The topological polar surface area (TPSA) is 119 Å². The van der Waals surface area contributed by atoms with Crippen LogP contribution in [0.25, 0.3) is 0 Å². The number of alkyl halides is 3. The summed E-state index contributed by atoms with van der Waals surface area (Å²) < 4.78 is 36.2. The van der Waals surface area contributed by atoms with Gasteiger partial charge in [0.1, 0.15) is 0 Å². The minimum Gasteiger partial charge on any atom is -0.382 e. The van der Waals surface area contributed by atoms with Crippen LogP contribution >= 0.6 is 0 Å². The van der Waals surface area contributed by atoms with Crippen LogP contribution in [0.1, 0.15) is 5.56 Å². The number of aliphatic hydroxyl groups excluding tert-OH is 1. The van der Waals surface area contributed by atoms with Crippen molar-refractivity contribution >= 4 is 11.4 Å². The first-order valence-corrected chi connectivity index (χ1v) is 5.50. The lowest BCUT2D eigenvalue weighted by molar-refractivity contribution is -0.394. The third-order valence-corrected chi connectivity index (χ3v) is 2.51. The highest BCUT2D eigenvalue weighted by Crippen LogP contribution is 2.25. The molecule has 0 aliphatic rings. The third-order valence-electron chi connectivity index (χ3n) is 2.51. The van der Waals surface area contributed by atoms with E-state index in [1.807, 2.05) is 0 Å². The number of hydrogen-bond donors (Lipinski definition) is 2. The first-order valence-electron chi connectivity index (χ1n) is 5.50. The Morgan fingerprint density at radius 2 is 1.86 bits per heavy atom. The van der Waals surface area contributed by atoms with Gasteiger partial charge in [0.25, 0.3) is 11.4 Å². The maximum atomic E-state index is 12.1. The number of hydrogen-bond acceptors (Lipinski definition) is 6. The normalized spacial score (nSPS) is 13.0. The fraction of sp³-hybridized carbons (Fsp3) is 0.400.